The summed E-state index contributed by atoms with van der Waals surface area (Å²) >= 11 is 0. The molecule has 0 aromatic heterocycles. The van der Waals surface area contributed by atoms with Gasteiger partial charge in [0.05, 0.1) is 6.04 Å². The Morgan fingerprint density at radius 1 is 1.00 bits per heavy atom. The molecule has 1 aliphatic rings. The van der Waals surface area contributed by atoms with Crippen LogP contribution in [0.1, 0.15) is 41.5 Å². The monoisotopic (exact) mass is 318 g/mol. The Balaban J connectivity index is 2.68. The van der Waals surface area contributed by atoms with Crippen molar-refractivity contribution in [3.05, 3.63) is 0 Å². The fraction of sp³-hybridized carbons (Fsp3) is 0.867. The highest BCUT2D eigenvalue weighted by Crippen LogP contribution is 2.18. The number of nitrogens with zero attached hydrogens (tertiary/aromatic N) is 2. The number of alkyl halides is 1. The van der Waals surface area contributed by atoms with Gasteiger partial charge in [0.25, 0.3) is 0 Å². The quantitative estimate of drug-likeness (QED) is 0.746. The van der Waals surface area contributed by atoms with E-state index in [1.165, 1.54) is 9.80 Å². The summed E-state index contributed by atoms with van der Waals surface area (Å²) in [6.07, 6.45) is -1.05. The third kappa shape index (κ3) is 5.69. The van der Waals surface area contributed by atoms with Crippen LogP contribution in [0, 0.1) is 0 Å². The number of hydrogen-bond acceptors (Lipinski definition) is 4. The normalized spacial score (nSPS) is 19.9. The van der Waals surface area contributed by atoms with Crippen molar-refractivity contribution < 1.29 is 23.5 Å². The smallest absolute Gasteiger partial charge is 0.410 e. The number of amides is 2. The Kier molecular flexibility index (Phi) is 5.65. The molecule has 22 heavy (non-hydrogen) atoms. The first-order valence-electron chi connectivity index (χ1n) is 7.46. The Hall–Kier alpha value is -1.53. The van der Waals surface area contributed by atoms with Gasteiger partial charge < -0.3 is 14.4 Å². The van der Waals surface area contributed by atoms with Gasteiger partial charge in [-0.2, -0.15) is 0 Å². The number of piperazine rings is 1. The van der Waals surface area contributed by atoms with Crippen molar-refractivity contribution in [2.24, 2.45) is 0 Å². The van der Waals surface area contributed by atoms with Gasteiger partial charge in [0.1, 0.15) is 17.9 Å². The van der Waals surface area contributed by atoms with E-state index >= 15 is 0 Å². The van der Waals surface area contributed by atoms with Crippen molar-refractivity contribution in [1.29, 1.82) is 0 Å². The average Bonchev–Trinajstić information content (AvgIpc) is 2.33. The maximum Gasteiger partial charge on any atom is 0.410 e. The van der Waals surface area contributed by atoms with E-state index in [-0.39, 0.29) is 13.1 Å². The summed E-state index contributed by atoms with van der Waals surface area (Å²) in [6, 6.07) is -0.712. The zero-order valence-electron chi connectivity index (χ0n) is 14.3. The van der Waals surface area contributed by atoms with E-state index in [4.69, 9.17) is 9.47 Å². The standard InChI is InChI=1S/C15H27FN2O4/c1-14(2,3)21-12(19)17-7-8-18(11(9-16)10-17)13(20)22-15(4,5)6/h11H,7-10H2,1-6H3. The first-order valence-corrected chi connectivity index (χ1v) is 7.46. The maximum absolute atomic E-state index is 13.3. The molecule has 128 valence electrons. The number of ether oxygens (including phenoxy) is 2. The fourth-order valence-electron chi connectivity index (χ4n) is 2.04. The molecule has 0 aromatic rings. The number of carbonyl (C=O) groups excluding carboxylic acids is 2. The zero-order valence-corrected chi connectivity index (χ0v) is 14.3. The third-order valence-electron chi connectivity index (χ3n) is 2.94. The fourth-order valence-corrected chi connectivity index (χ4v) is 2.04. The van der Waals surface area contributed by atoms with Crippen molar-refractivity contribution >= 4 is 12.2 Å². The second-order valence-electron chi connectivity index (χ2n) is 7.41. The van der Waals surface area contributed by atoms with Crippen LogP contribution in [0.4, 0.5) is 14.0 Å². The van der Waals surface area contributed by atoms with Crippen molar-refractivity contribution in [3.8, 4) is 0 Å². The van der Waals surface area contributed by atoms with E-state index in [0.717, 1.165) is 0 Å². The van der Waals surface area contributed by atoms with Gasteiger partial charge in [-0.25, -0.2) is 14.0 Å². The number of carbonyl (C=O) groups is 2. The van der Waals surface area contributed by atoms with Gasteiger partial charge in [0, 0.05) is 19.6 Å². The van der Waals surface area contributed by atoms with E-state index in [9.17, 15) is 14.0 Å². The van der Waals surface area contributed by atoms with E-state index in [2.05, 4.69) is 0 Å². The van der Waals surface area contributed by atoms with Gasteiger partial charge in [-0.05, 0) is 41.5 Å². The summed E-state index contributed by atoms with van der Waals surface area (Å²) in [4.78, 5) is 26.9. The third-order valence-corrected chi connectivity index (χ3v) is 2.94. The van der Waals surface area contributed by atoms with Crippen molar-refractivity contribution in [2.75, 3.05) is 26.3 Å². The van der Waals surface area contributed by atoms with Crippen molar-refractivity contribution in [3.63, 3.8) is 0 Å². The van der Waals surface area contributed by atoms with Crippen molar-refractivity contribution in [1.82, 2.24) is 9.80 Å². The van der Waals surface area contributed by atoms with Crippen LogP contribution in [0.25, 0.3) is 0 Å². The highest BCUT2D eigenvalue weighted by Gasteiger charge is 2.36. The lowest BCUT2D eigenvalue weighted by Gasteiger charge is -2.40. The maximum atomic E-state index is 13.3. The number of hydrogen-bond donors (Lipinski definition) is 0. The summed E-state index contributed by atoms with van der Waals surface area (Å²) in [6.45, 7) is 10.5. The van der Waals surface area contributed by atoms with Gasteiger partial charge in [-0.3, -0.25) is 4.90 Å². The topological polar surface area (TPSA) is 59.1 Å². The largest absolute Gasteiger partial charge is 0.444 e. The van der Waals surface area contributed by atoms with Gasteiger partial charge in [0.2, 0.25) is 0 Å². The van der Waals surface area contributed by atoms with Crippen LogP contribution in [0.2, 0.25) is 0 Å². The molecule has 0 spiro atoms. The predicted molar refractivity (Wildman–Crippen MR) is 80.5 cm³/mol. The summed E-state index contributed by atoms with van der Waals surface area (Å²) in [7, 11) is 0. The molecule has 1 saturated heterocycles. The molecule has 0 radical (unpaired) electrons. The Bertz CT molecular complexity index is 415. The zero-order chi connectivity index (χ0) is 17.1. The minimum absolute atomic E-state index is 0.102. The van der Waals surface area contributed by atoms with E-state index in [1.54, 1.807) is 41.5 Å². The molecule has 1 unspecified atom stereocenters. The molecular formula is C15H27FN2O4. The molecule has 0 N–H and O–H groups in total. The second kappa shape index (κ2) is 6.71. The SMILES string of the molecule is CC(C)(C)OC(=O)N1CCN(C(=O)OC(C)(C)C)C(CF)C1. The first-order chi connectivity index (χ1) is 9.93. The lowest BCUT2D eigenvalue weighted by atomic mass is 10.2. The molecule has 0 bridgehead atoms. The van der Waals surface area contributed by atoms with Crippen LogP contribution in [-0.4, -0.2) is 65.5 Å². The first kappa shape index (κ1) is 18.5. The Morgan fingerprint density at radius 3 is 1.95 bits per heavy atom. The van der Waals surface area contributed by atoms with Crippen LogP contribution < -0.4 is 0 Å². The summed E-state index contributed by atoms with van der Waals surface area (Å²) < 4.78 is 23.8. The molecule has 1 aliphatic heterocycles. The van der Waals surface area contributed by atoms with E-state index in [1.807, 2.05) is 0 Å². The lowest BCUT2D eigenvalue weighted by molar-refractivity contribution is -0.0178. The van der Waals surface area contributed by atoms with E-state index in [0.29, 0.717) is 6.54 Å². The Morgan fingerprint density at radius 2 is 1.50 bits per heavy atom. The van der Waals surface area contributed by atoms with E-state index < -0.39 is 36.1 Å². The molecule has 0 aromatic carbocycles. The van der Waals surface area contributed by atoms with Crippen LogP contribution in [0.5, 0.6) is 0 Å². The minimum Gasteiger partial charge on any atom is -0.444 e. The summed E-state index contributed by atoms with van der Waals surface area (Å²) in [5, 5.41) is 0. The van der Waals surface area contributed by atoms with Gasteiger partial charge >= 0.3 is 12.2 Å². The number of halogens is 1. The van der Waals surface area contributed by atoms with Gasteiger partial charge in [0.15, 0.2) is 0 Å². The Labute approximate surface area is 131 Å². The minimum atomic E-state index is -0.738. The van der Waals surface area contributed by atoms with Crippen LogP contribution in [0.3, 0.4) is 0 Å². The number of rotatable bonds is 1. The lowest BCUT2D eigenvalue weighted by Crippen LogP contribution is -2.58. The van der Waals surface area contributed by atoms with Gasteiger partial charge in [-0.1, -0.05) is 0 Å². The summed E-state index contributed by atoms with van der Waals surface area (Å²) in [5.74, 6) is 0. The highest BCUT2D eigenvalue weighted by molar-refractivity contribution is 5.71. The highest BCUT2D eigenvalue weighted by atomic mass is 19.1. The molecule has 1 rings (SSSR count). The van der Waals surface area contributed by atoms with Crippen LogP contribution in [-0.2, 0) is 9.47 Å². The second-order valence-corrected chi connectivity index (χ2v) is 7.41. The molecule has 2 amide bonds. The van der Waals surface area contributed by atoms with Crippen LogP contribution in [0.15, 0.2) is 0 Å². The molecule has 1 fully saturated rings. The van der Waals surface area contributed by atoms with Gasteiger partial charge in [-0.15, -0.1) is 0 Å². The average molecular weight is 318 g/mol. The molecule has 1 atom stereocenters. The molecule has 7 heteroatoms. The van der Waals surface area contributed by atoms with Crippen molar-refractivity contribution in [2.45, 2.75) is 58.8 Å². The molecule has 1 heterocycles. The van der Waals surface area contributed by atoms with Crippen LogP contribution >= 0.6 is 0 Å². The molecule has 0 aliphatic carbocycles. The summed E-state index contributed by atoms with van der Waals surface area (Å²) in [5.41, 5.74) is -1.25. The predicted octanol–water partition coefficient (Wildman–Crippen LogP) is 2.81. The molecule has 0 saturated carbocycles. The molecular weight excluding hydrogens is 291 g/mol. The molecule has 6 nitrogen and oxygen atoms in total.